The molecule has 1 aromatic rings. The third-order valence-corrected chi connectivity index (χ3v) is 3.18. The van der Waals surface area contributed by atoms with E-state index in [1.165, 1.54) is 0 Å². The lowest BCUT2D eigenvalue weighted by atomic mass is 10.1. The third-order valence-electron chi connectivity index (χ3n) is 3.18. The molecule has 1 amide bonds. The highest BCUT2D eigenvalue weighted by atomic mass is 16.5. The van der Waals surface area contributed by atoms with Gasteiger partial charge in [-0.15, -0.1) is 0 Å². The molecule has 3 N–H and O–H groups in total. The summed E-state index contributed by atoms with van der Waals surface area (Å²) < 4.78 is 5.01. The van der Waals surface area contributed by atoms with Crippen LogP contribution in [0.4, 0.5) is 5.69 Å². The second-order valence-corrected chi connectivity index (χ2v) is 4.50. The molecule has 0 aliphatic carbocycles. The number of nitrogens with two attached hydrogens (primary N) is 1. The maximum Gasteiger partial charge on any atom is 0.241 e. The van der Waals surface area contributed by atoms with Gasteiger partial charge in [0.25, 0.3) is 0 Å². The molecule has 0 aliphatic rings. The zero-order valence-electron chi connectivity index (χ0n) is 11.8. The van der Waals surface area contributed by atoms with E-state index in [-0.39, 0.29) is 11.9 Å². The number of hydrogen-bond donors (Lipinski definition) is 2. The van der Waals surface area contributed by atoms with Crippen molar-refractivity contribution in [3.8, 4) is 0 Å². The van der Waals surface area contributed by atoms with E-state index in [2.05, 4.69) is 5.32 Å². The fraction of sp³-hybridized carbons (Fsp3) is 0.500. The van der Waals surface area contributed by atoms with E-state index in [0.29, 0.717) is 19.7 Å². The second kappa shape index (κ2) is 7.89. The Morgan fingerprint density at radius 2 is 2.16 bits per heavy atom. The first kappa shape index (κ1) is 15.6. The summed E-state index contributed by atoms with van der Waals surface area (Å²) in [6.07, 6.45) is 0. The quantitative estimate of drug-likeness (QED) is 0.773. The van der Waals surface area contributed by atoms with Crippen LogP contribution < -0.4 is 11.1 Å². The Kier molecular flexibility index (Phi) is 6.49. The first-order valence-electron chi connectivity index (χ1n) is 6.38. The minimum atomic E-state index is -0.221. The van der Waals surface area contributed by atoms with Crippen molar-refractivity contribution in [3.63, 3.8) is 0 Å². The minimum Gasteiger partial charge on any atom is -0.383 e. The van der Waals surface area contributed by atoms with Gasteiger partial charge in [-0.2, -0.15) is 0 Å². The molecule has 0 radical (unpaired) electrons. The summed E-state index contributed by atoms with van der Waals surface area (Å²) in [5.74, 6) is -0.0421. The molecule has 0 bridgehead atoms. The molecule has 106 valence electrons. The number of nitrogens with one attached hydrogen (secondary N) is 1. The molecule has 0 aromatic heterocycles. The molecule has 0 saturated carbocycles. The van der Waals surface area contributed by atoms with E-state index >= 15 is 0 Å². The van der Waals surface area contributed by atoms with Crippen LogP contribution in [0.15, 0.2) is 24.3 Å². The molecule has 0 fully saturated rings. The number of methoxy groups -OCH3 is 1. The van der Waals surface area contributed by atoms with Crippen molar-refractivity contribution in [1.82, 2.24) is 4.90 Å². The average Bonchev–Trinajstić information content (AvgIpc) is 2.44. The zero-order valence-corrected chi connectivity index (χ0v) is 11.8. The van der Waals surface area contributed by atoms with Gasteiger partial charge in [-0.25, -0.2) is 0 Å². The van der Waals surface area contributed by atoms with Crippen LogP contribution in [0.3, 0.4) is 0 Å². The molecule has 0 heterocycles. The predicted octanol–water partition coefficient (Wildman–Crippen LogP) is 1.05. The molecule has 1 aromatic carbocycles. The monoisotopic (exact) mass is 265 g/mol. The number of rotatable bonds is 7. The molecule has 19 heavy (non-hydrogen) atoms. The number of para-hydroxylation sites is 1. The summed E-state index contributed by atoms with van der Waals surface area (Å²) in [5, 5.41) is 2.92. The van der Waals surface area contributed by atoms with Crippen LogP contribution in [0.25, 0.3) is 0 Å². The number of ether oxygens (including phenoxy) is 1. The fourth-order valence-corrected chi connectivity index (χ4v) is 1.69. The van der Waals surface area contributed by atoms with E-state index in [4.69, 9.17) is 10.5 Å². The minimum absolute atomic E-state index is 0.0421. The number of hydrogen-bond acceptors (Lipinski definition) is 4. The van der Waals surface area contributed by atoms with Gasteiger partial charge in [0.05, 0.1) is 12.6 Å². The summed E-state index contributed by atoms with van der Waals surface area (Å²) in [5.41, 5.74) is 7.36. The highest BCUT2D eigenvalue weighted by molar-refractivity contribution is 5.95. The van der Waals surface area contributed by atoms with Gasteiger partial charge in [0.2, 0.25) is 5.91 Å². The summed E-state index contributed by atoms with van der Waals surface area (Å²) in [7, 11) is 3.55. The molecule has 1 unspecified atom stereocenters. The van der Waals surface area contributed by atoms with Crippen molar-refractivity contribution in [1.29, 1.82) is 0 Å². The zero-order chi connectivity index (χ0) is 14.3. The molecule has 5 nitrogen and oxygen atoms in total. The topological polar surface area (TPSA) is 67.6 Å². The van der Waals surface area contributed by atoms with Crippen molar-refractivity contribution in [2.24, 2.45) is 5.73 Å². The summed E-state index contributed by atoms with van der Waals surface area (Å²) >= 11 is 0. The van der Waals surface area contributed by atoms with Crippen molar-refractivity contribution >= 4 is 11.6 Å². The van der Waals surface area contributed by atoms with Gasteiger partial charge in [-0.05, 0) is 25.6 Å². The van der Waals surface area contributed by atoms with Gasteiger partial charge >= 0.3 is 0 Å². The largest absolute Gasteiger partial charge is 0.383 e. The van der Waals surface area contributed by atoms with Crippen molar-refractivity contribution in [3.05, 3.63) is 29.8 Å². The molecular formula is C14H23N3O2. The van der Waals surface area contributed by atoms with Gasteiger partial charge in [0.15, 0.2) is 0 Å². The van der Waals surface area contributed by atoms with Crippen molar-refractivity contribution in [2.45, 2.75) is 19.5 Å². The normalized spacial score (nSPS) is 12.5. The Morgan fingerprint density at radius 1 is 1.47 bits per heavy atom. The third kappa shape index (κ3) is 4.63. The van der Waals surface area contributed by atoms with E-state index in [0.717, 1.165) is 11.3 Å². The Morgan fingerprint density at radius 3 is 2.79 bits per heavy atom. The second-order valence-electron chi connectivity index (χ2n) is 4.50. The fourth-order valence-electron chi connectivity index (χ4n) is 1.69. The van der Waals surface area contributed by atoms with Crippen LogP contribution in [0, 0.1) is 0 Å². The van der Waals surface area contributed by atoms with E-state index in [1.807, 2.05) is 43.1 Å². The lowest BCUT2D eigenvalue weighted by Gasteiger charge is -2.23. The van der Waals surface area contributed by atoms with Crippen molar-refractivity contribution in [2.75, 3.05) is 32.6 Å². The van der Waals surface area contributed by atoms with Crippen LogP contribution in [0.2, 0.25) is 0 Å². The number of likely N-dealkylation sites (N-methyl/N-ethyl adjacent to an activating group) is 1. The summed E-state index contributed by atoms with van der Waals surface area (Å²) in [6, 6.07) is 7.35. The van der Waals surface area contributed by atoms with Crippen LogP contribution in [-0.4, -0.2) is 44.2 Å². The smallest absolute Gasteiger partial charge is 0.241 e. The number of amides is 1. The van der Waals surface area contributed by atoms with Gasteiger partial charge in [-0.1, -0.05) is 18.2 Å². The van der Waals surface area contributed by atoms with Crippen LogP contribution >= 0.6 is 0 Å². The highest BCUT2D eigenvalue weighted by Gasteiger charge is 2.18. The average molecular weight is 265 g/mol. The molecule has 1 atom stereocenters. The Balaban J connectivity index is 2.63. The van der Waals surface area contributed by atoms with E-state index in [9.17, 15) is 4.79 Å². The van der Waals surface area contributed by atoms with Crippen LogP contribution in [0.5, 0.6) is 0 Å². The summed E-state index contributed by atoms with van der Waals surface area (Å²) in [6.45, 7) is 3.59. The van der Waals surface area contributed by atoms with Crippen LogP contribution in [0.1, 0.15) is 12.5 Å². The first-order chi connectivity index (χ1) is 9.10. The van der Waals surface area contributed by atoms with Gasteiger partial charge in [0.1, 0.15) is 0 Å². The maximum atomic E-state index is 12.2. The molecule has 0 aliphatic heterocycles. The lowest BCUT2D eigenvalue weighted by molar-refractivity contribution is -0.120. The maximum absolute atomic E-state index is 12.2. The predicted molar refractivity (Wildman–Crippen MR) is 76.9 cm³/mol. The number of carbonyl (C=O) groups is 1. The highest BCUT2D eigenvalue weighted by Crippen LogP contribution is 2.14. The number of carbonyl (C=O) groups excluding carboxylic acids is 1. The Bertz CT molecular complexity index is 409. The Hall–Kier alpha value is -1.43. The lowest BCUT2D eigenvalue weighted by Crippen LogP contribution is -2.41. The van der Waals surface area contributed by atoms with Crippen LogP contribution in [-0.2, 0) is 16.1 Å². The van der Waals surface area contributed by atoms with Gasteiger partial charge in [0, 0.05) is 25.9 Å². The standard InChI is InChI=1S/C14H23N3O2/c1-11(17(2)8-9-19-3)14(18)16-13-7-5-4-6-12(13)10-15/h4-7,11H,8-10,15H2,1-3H3,(H,16,18). The number of benzene rings is 1. The van der Waals surface area contributed by atoms with E-state index < -0.39 is 0 Å². The number of nitrogens with zero attached hydrogens (tertiary/aromatic N) is 1. The van der Waals surface area contributed by atoms with Gasteiger partial charge < -0.3 is 15.8 Å². The SMILES string of the molecule is COCCN(C)C(C)C(=O)Nc1ccccc1CN. The van der Waals surface area contributed by atoms with Crippen molar-refractivity contribution < 1.29 is 9.53 Å². The Labute approximate surface area is 114 Å². The van der Waals surface area contributed by atoms with Gasteiger partial charge in [-0.3, -0.25) is 9.69 Å². The molecule has 0 spiro atoms. The molecule has 5 heteroatoms. The molecular weight excluding hydrogens is 242 g/mol. The number of anilines is 1. The first-order valence-corrected chi connectivity index (χ1v) is 6.38. The van der Waals surface area contributed by atoms with E-state index in [1.54, 1.807) is 7.11 Å². The summed E-state index contributed by atoms with van der Waals surface area (Å²) in [4.78, 5) is 14.1. The molecule has 0 saturated heterocycles. The molecule has 1 rings (SSSR count).